The molecular weight excluding hydrogens is 204 g/mol. The minimum Gasteiger partial charge on any atom is -0.0617 e. The zero-order valence-electron chi connectivity index (χ0n) is 10.2. The van der Waals surface area contributed by atoms with E-state index in [-0.39, 0.29) is 0 Å². The molecule has 1 radical (unpaired) electrons. The van der Waals surface area contributed by atoms with Crippen LogP contribution in [0.5, 0.6) is 0 Å². The lowest BCUT2D eigenvalue weighted by atomic mass is 10.1. The molecule has 2 aromatic carbocycles. The van der Waals surface area contributed by atoms with Crippen LogP contribution in [0, 0.1) is 24.8 Å². The summed E-state index contributed by atoms with van der Waals surface area (Å²) < 4.78 is 0. The van der Waals surface area contributed by atoms with Crippen molar-refractivity contribution >= 4 is 0 Å². The lowest BCUT2D eigenvalue weighted by Gasteiger charge is -1.95. The van der Waals surface area contributed by atoms with Crippen molar-refractivity contribution in [2.75, 3.05) is 0 Å². The highest BCUT2D eigenvalue weighted by atomic mass is 13.9. The largest absolute Gasteiger partial charge is 0.0617 e. The maximum atomic E-state index is 3.17. The zero-order valence-corrected chi connectivity index (χ0v) is 10.2. The van der Waals surface area contributed by atoms with E-state index in [2.05, 4.69) is 62.1 Å². The van der Waals surface area contributed by atoms with Crippen LogP contribution in [0.1, 0.15) is 29.2 Å². The van der Waals surface area contributed by atoms with Gasteiger partial charge in [0.1, 0.15) is 0 Å². The number of rotatable bonds is 1. The van der Waals surface area contributed by atoms with Gasteiger partial charge in [0.05, 0.1) is 0 Å². The van der Waals surface area contributed by atoms with Gasteiger partial charge in [-0.25, -0.2) is 0 Å². The summed E-state index contributed by atoms with van der Waals surface area (Å²) >= 11 is 0. The van der Waals surface area contributed by atoms with Gasteiger partial charge in [-0.2, -0.15) is 0 Å². The van der Waals surface area contributed by atoms with Gasteiger partial charge in [0.25, 0.3) is 0 Å². The van der Waals surface area contributed by atoms with E-state index in [1.807, 2.05) is 12.1 Å². The molecule has 0 saturated carbocycles. The van der Waals surface area contributed by atoms with Crippen molar-refractivity contribution in [3.8, 4) is 11.8 Å². The first-order chi connectivity index (χ1) is 8.28. The van der Waals surface area contributed by atoms with Gasteiger partial charge >= 0.3 is 0 Å². The summed E-state index contributed by atoms with van der Waals surface area (Å²) in [5.41, 5.74) is 4.62. The maximum absolute atomic E-state index is 3.17. The van der Waals surface area contributed by atoms with E-state index in [0.717, 1.165) is 17.5 Å². The van der Waals surface area contributed by atoms with E-state index in [4.69, 9.17) is 0 Å². The molecule has 0 atom stereocenters. The fraction of sp³-hybridized carbons (Fsp3) is 0.176. The van der Waals surface area contributed by atoms with Crippen LogP contribution in [0.2, 0.25) is 0 Å². The summed E-state index contributed by atoms with van der Waals surface area (Å²) in [5, 5.41) is 0. The van der Waals surface area contributed by atoms with Gasteiger partial charge in [0.2, 0.25) is 0 Å². The number of aryl methyl sites for hydroxylation is 2. The van der Waals surface area contributed by atoms with Gasteiger partial charge in [0.15, 0.2) is 0 Å². The van der Waals surface area contributed by atoms with E-state index in [0.29, 0.717) is 0 Å². The van der Waals surface area contributed by atoms with E-state index >= 15 is 0 Å². The molecule has 2 rings (SSSR count). The number of hydrogen-bond acceptors (Lipinski definition) is 0. The second-order valence-corrected chi connectivity index (χ2v) is 4.10. The van der Waals surface area contributed by atoms with Gasteiger partial charge in [-0.1, -0.05) is 37.0 Å². The molecule has 0 nitrogen and oxygen atoms in total. The summed E-state index contributed by atoms with van der Waals surface area (Å²) in [6.07, 6.45) is 1.07. The van der Waals surface area contributed by atoms with Crippen LogP contribution < -0.4 is 0 Å². The molecule has 83 valence electrons. The molecule has 0 aromatic heterocycles. The first-order valence-electron chi connectivity index (χ1n) is 5.86. The normalized spacial score (nSPS) is 9.53. The van der Waals surface area contributed by atoms with Crippen LogP contribution in [-0.4, -0.2) is 0 Å². The van der Waals surface area contributed by atoms with E-state index in [9.17, 15) is 0 Å². The Morgan fingerprint density at radius 2 is 1.71 bits per heavy atom. The smallest absolute Gasteiger partial charge is 0.0257 e. The van der Waals surface area contributed by atoms with E-state index in [1.54, 1.807) is 0 Å². The molecule has 0 aliphatic rings. The van der Waals surface area contributed by atoms with Crippen LogP contribution in [-0.2, 0) is 6.42 Å². The van der Waals surface area contributed by atoms with Crippen molar-refractivity contribution < 1.29 is 0 Å². The Morgan fingerprint density at radius 3 is 2.35 bits per heavy atom. The molecule has 17 heavy (non-hydrogen) atoms. The summed E-state index contributed by atoms with van der Waals surface area (Å²) in [5.74, 6) is 6.33. The predicted octanol–water partition coefficient (Wildman–Crippen LogP) is 3.76. The molecule has 0 aliphatic carbocycles. The summed E-state index contributed by atoms with van der Waals surface area (Å²) in [6.45, 7) is 4.21. The minimum atomic E-state index is 1.02. The summed E-state index contributed by atoms with van der Waals surface area (Å²) in [4.78, 5) is 0. The third kappa shape index (κ3) is 3.23. The molecule has 0 saturated heterocycles. The van der Waals surface area contributed by atoms with Gasteiger partial charge in [-0.3, -0.25) is 0 Å². The van der Waals surface area contributed by atoms with Crippen LogP contribution >= 0.6 is 0 Å². The molecule has 0 unspecified atom stereocenters. The first-order valence-corrected chi connectivity index (χ1v) is 5.86. The highest BCUT2D eigenvalue weighted by Gasteiger charge is 1.90. The van der Waals surface area contributed by atoms with Crippen LogP contribution in [0.25, 0.3) is 0 Å². The van der Waals surface area contributed by atoms with Crippen LogP contribution in [0.3, 0.4) is 0 Å². The Hall–Kier alpha value is -2.00. The lowest BCUT2D eigenvalue weighted by Crippen LogP contribution is -1.81. The number of benzene rings is 2. The van der Waals surface area contributed by atoms with Crippen molar-refractivity contribution in [3.63, 3.8) is 0 Å². The zero-order chi connectivity index (χ0) is 12.1. The fourth-order valence-electron chi connectivity index (χ4n) is 1.63. The third-order valence-electron chi connectivity index (χ3n) is 2.65. The summed E-state index contributed by atoms with van der Waals surface area (Å²) in [6, 6.07) is 17.4. The topological polar surface area (TPSA) is 0 Å². The monoisotopic (exact) mass is 219 g/mol. The summed E-state index contributed by atoms with van der Waals surface area (Å²) in [7, 11) is 0. The molecule has 0 aliphatic heterocycles. The van der Waals surface area contributed by atoms with Crippen molar-refractivity contribution in [2.24, 2.45) is 0 Å². The average molecular weight is 219 g/mol. The van der Waals surface area contributed by atoms with Gasteiger partial charge in [-0.15, -0.1) is 0 Å². The predicted molar refractivity (Wildman–Crippen MR) is 71.8 cm³/mol. The SMILES string of the molecule is CCc1ccc(C#Cc2c[c]cc(C)c2)cc1. The molecule has 0 amide bonds. The molecular formula is C17H15. The Bertz CT molecular complexity index is 551. The maximum Gasteiger partial charge on any atom is 0.0257 e. The van der Waals surface area contributed by atoms with Crippen molar-refractivity contribution in [1.82, 2.24) is 0 Å². The average Bonchev–Trinajstić information content (AvgIpc) is 2.37. The Morgan fingerprint density at radius 1 is 1.00 bits per heavy atom. The molecule has 0 heteroatoms. The third-order valence-corrected chi connectivity index (χ3v) is 2.65. The van der Waals surface area contributed by atoms with Crippen molar-refractivity contribution in [1.29, 1.82) is 0 Å². The Balaban J connectivity index is 2.20. The number of hydrogen-bond donors (Lipinski definition) is 0. The quantitative estimate of drug-likeness (QED) is 0.641. The van der Waals surface area contributed by atoms with Crippen molar-refractivity contribution in [2.45, 2.75) is 20.3 Å². The van der Waals surface area contributed by atoms with E-state index < -0.39 is 0 Å². The van der Waals surface area contributed by atoms with Gasteiger partial charge < -0.3 is 0 Å². The molecule has 0 fully saturated rings. The highest BCUT2D eigenvalue weighted by Crippen LogP contribution is 2.05. The Kier molecular flexibility index (Phi) is 3.62. The molecule has 0 heterocycles. The van der Waals surface area contributed by atoms with Gasteiger partial charge in [-0.05, 0) is 54.8 Å². The van der Waals surface area contributed by atoms with Crippen LogP contribution in [0.15, 0.2) is 42.5 Å². The fourth-order valence-corrected chi connectivity index (χ4v) is 1.63. The molecule has 0 N–H and O–H groups in total. The lowest BCUT2D eigenvalue weighted by molar-refractivity contribution is 1.14. The standard InChI is InChI=1S/C17H15/c1-3-15-7-9-16(10-8-15)11-12-17-6-4-5-14(2)13-17/h5-10,13H,3H2,1-2H3. The Labute approximate surface area is 103 Å². The molecule has 0 spiro atoms. The minimum absolute atomic E-state index is 1.02. The van der Waals surface area contributed by atoms with E-state index in [1.165, 1.54) is 11.1 Å². The van der Waals surface area contributed by atoms with Crippen molar-refractivity contribution in [3.05, 3.63) is 70.8 Å². The van der Waals surface area contributed by atoms with Gasteiger partial charge in [0, 0.05) is 11.1 Å². The first kappa shape index (κ1) is 11.5. The highest BCUT2D eigenvalue weighted by molar-refractivity contribution is 5.44. The molecule has 2 aromatic rings. The second kappa shape index (κ2) is 5.37. The van der Waals surface area contributed by atoms with Crippen LogP contribution in [0.4, 0.5) is 0 Å². The second-order valence-electron chi connectivity index (χ2n) is 4.10. The molecule has 0 bridgehead atoms.